The number of primary amides is 1. The molecule has 1 amide bonds. The summed E-state index contributed by atoms with van der Waals surface area (Å²) in [6, 6.07) is 0.662. The first-order valence-corrected chi connectivity index (χ1v) is 10.1. The molecule has 146 valence electrons. The number of ether oxygens (including phenoxy) is 1. The molecule has 2 aliphatic rings. The van der Waals surface area contributed by atoms with Gasteiger partial charge in [-0.15, -0.1) is 0 Å². The van der Waals surface area contributed by atoms with Gasteiger partial charge in [-0.2, -0.15) is 9.29 Å². The molecule has 2 aromatic heterocycles. The predicted molar refractivity (Wildman–Crippen MR) is 92.3 cm³/mol. The fraction of sp³-hybridized carbons (Fsp3) is 0.562. The topological polar surface area (TPSA) is 134 Å². The van der Waals surface area contributed by atoms with Gasteiger partial charge in [0.05, 0.1) is 6.10 Å². The van der Waals surface area contributed by atoms with Crippen molar-refractivity contribution in [2.45, 2.75) is 42.2 Å². The summed E-state index contributed by atoms with van der Waals surface area (Å²) in [5.41, 5.74) is 5.41. The molecule has 11 heteroatoms. The van der Waals surface area contributed by atoms with Crippen LogP contribution in [0.4, 0.5) is 0 Å². The molecule has 3 heterocycles. The molecule has 0 unspecified atom stereocenters. The summed E-state index contributed by atoms with van der Waals surface area (Å²) in [5.74, 6) is 0.502. The van der Waals surface area contributed by atoms with Gasteiger partial charge in [-0.25, -0.2) is 8.42 Å². The standard InChI is InChI=1S/C16H21N5O5S/c1-20-8-11(6-12(20)14(17)22)27(23,24)21-7-10(25-2)5-13(21)16-18-15(19-26-16)9-3-4-9/h6,8-10,13H,3-5,7H2,1-2H3,(H2,17,22)/t10-,13+/m0/s1. The van der Waals surface area contributed by atoms with Gasteiger partial charge in [0.25, 0.3) is 5.91 Å². The van der Waals surface area contributed by atoms with E-state index in [1.54, 1.807) is 7.05 Å². The Bertz CT molecular complexity index is 977. The molecule has 27 heavy (non-hydrogen) atoms. The van der Waals surface area contributed by atoms with Crippen LogP contribution in [0.15, 0.2) is 21.7 Å². The zero-order chi connectivity index (χ0) is 19.3. The van der Waals surface area contributed by atoms with E-state index in [1.807, 2.05) is 0 Å². The number of rotatable bonds is 6. The number of sulfonamides is 1. The van der Waals surface area contributed by atoms with Crippen LogP contribution in [0.3, 0.4) is 0 Å². The van der Waals surface area contributed by atoms with Gasteiger partial charge < -0.3 is 19.6 Å². The average Bonchev–Trinajstić information content (AvgIpc) is 3.05. The highest BCUT2D eigenvalue weighted by molar-refractivity contribution is 7.89. The lowest BCUT2D eigenvalue weighted by Crippen LogP contribution is -2.32. The van der Waals surface area contributed by atoms with Crippen LogP contribution in [-0.4, -0.2) is 53.1 Å². The quantitative estimate of drug-likeness (QED) is 0.754. The molecular weight excluding hydrogens is 374 g/mol. The van der Waals surface area contributed by atoms with Crippen molar-refractivity contribution in [1.29, 1.82) is 0 Å². The van der Waals surface area contributed by atoms with E-state index in [4.69, 9.17) is 15.0 Å². The SMILES string of the molecule is CO[C@H]1C[C@H](c2nc(C3CC3)no2)N(S(=O)(=O)c2cc(C(N)=O)n(C)c2)C1. The number of carbonyl (C=O) groups is 1. The Morgan fingerprint density at radius 2 is 2.15 bits per heavy atom. The maximum atomic E-state index is 13.2. The van der Waals surface area contributed by atoms with Gasteiger partial charge >= 0.3 is 0 Å². The molecule has 2 atom stereocenters. The fourth-order valence-electron chi connectivity index (χ4n) is 3.38. The van der Waals surface area contributed by atoms with Crippen molar-refractivity contribution in [1.82, 2.24) is 19.0 Å². The molecule has 4 rings (SSSR count). The predicted octanol–water partition coefficient (Wildman–Crippen LogP) is 0.535. The van der Waals surface area contributed by atoms with Crippen LogP contribution in [0, 0.1) is 0 Å². The van der Waals surface area contributed by atoms with Crippen LogP contribution in [0.2, 0.25) is 0 Å². The van der Waals surface area contributed by atoms with E-state index in [-0.39, 0.29) is 29.1 Å². The van der Waals surface area contributed by atoms with E-state index in [1.165, 1.54) is 28.2 Å². The number of carbonyl (C=O) groups excluding carboxylic acids is 1. The average molecular weight is 395 g/mol. The zero-order valence-electron chi connectivity index (χ0n) is 15.0. The minimum absolute atomic E-state index is 0.0116. The summed E-state index contributed by atoms with van der Waals surface area (Å²) in [6.07, 6.45) is 3.53. The number of nitrogens with two attached hydrogens (primary N) is 1. The molecule has 0 bridgehead atoms. The molecule has 2 N–H and O–H groups in total. The molecule has 10 nitrogen and oxygen atoms in total. The Morgan fingerprint density at radius 3 is 2.74 bits per heavy atom. The molecule has 1 aliphatic heterocycles. The van der Waals surface area contributed by atoms with Crippen LogP contribution in [0.25, 0.3) is 0 Å². The summed E-state index contributed by atoms with van der Waals surface area (Å²) >= 11 is 0. The second-order valence-corrected chi connectivity index (χ2v) is 8.88. The second kappa shape index (κ2) is 6.43. The molecule has 1 saturated heterocycles. The Balaban J connectivity index is 1.69. The number of aryl methyl sites for hydroxylation is 1. The maximum Gasteiger partial charge on any atom is 0.265 e. The van der Waals surface area contributed by atoms with Gasteiger partial charge in [-0.1, -0.05) is 5.16 Å². The number of amides is 1. The molecule has 1 saturated carbocycles. The molecule has 2 fully saturated rings. The van der Waals surface area contributed by atoms with Crippen LogP contribution < -0.4 is 5.73 Å². The number of nitrogens with zero attached hydrogens (tertiary/aromatic N) is 4. The van der Waals surface area contributed by atoms with Crippen molar-refractivity contribution in [3.63, 3.8) is 0 Å². The number of hydrogen-bond donors (Lipinski definition) is 1. The van der Waals surface area contributed by atoms with Crippen molar-refractivity contribution in [3.05, 3.63) is 29.7 Å². The first-order valence-electron chi connectivity index (χ1n) is 8.65. The maximum absolute atomic E-state index is 13.2. The van der Waals surface area contributed by atoms with E-state index in [2.05, 4.69) is 10.1 Å². The van der Waals surface area contributed by atoms with Crippen LogP contribution in [0.5, 0.6) is 0 Å². The number of aromatic nitrogens is 3. The van der Waals surface area contributed by atoms with Gasteiger partial charge in [0.15, 0.2) is 5.82 Å². The zero-order valence-corrected chi connectivity index (χ0v) is 15.8. The molecule has 2 aromatic rings. The van der Waals surface area contributed by atoms with E-state index in [9.17, 15) is 13.2 Å². The van der Waals surface area contributed by atoms with E-state index >= 15 is 0 Å². The normalized spacial score (nSPS) is 23.8. The summed E-state index contributed by atoms with van der Waals surface area (Å²) in [7, 11) is -0.808. The summed E-state index contributed by atoms with van der Waals surface area (Å²) < 4.78 is 39.9. The van der Waals surface area contributed by atoms with Gasteiger partial charge in [0.1, 0.15) is 16.6 Å². The van der Waals surface area contributed by atoms with Crippen molar-refractivity contribution in [2.24, 2.45) is 12.8 Å². The highest BCUT2D eigenvalue weighted by Crippen LogP contribution is 2.41. The molecular formula is C16H21N5O5S. The molecule has 0 radical (unpaired) electrons. The monoisotopic (exact) mass is 395 g/mol. The minimum Gasteiger partial charge on any atom is -0.380 e. The van der Waals surface area contributed by atoms with Crippen molar-refractivity contribution in [2.75, 3.05) is 13.7 Å². The van der Waals surface area contributed by atoms with Crippen molar-refractivity contribution in [3.8, 4) is 0 Å². The highest BCUT2D eigenvalue weighted by atomic mass is 32.2. The van der Waals surface area contributed by atoms with Gasteiger partial charge in [0.2, 0.25) is 15.9 Å². The third-order valence-corrected chi connectivity index (χ3v) is 6.91. The Kier molecular flexibility index (Phi) is 4.32. The second-order valence-electron chi connectivity index (χ2n) is 6.99. The molecule has 0 spiro atoms. The van der Waals surface area contributed by atoms with Gasteiger partial charge in [-0.05, 0) is 18.9 Å². The smallest absolute Gasteiger partial charge is 0.265 e. The van der Waals surface area contributed by atoms with Crippen molar-refractivity contribution < 1.29 is 22.5 Å². The van der Waals surface area contributed by atoms with E-state index < -0.39 is 22.0 Å². The summed E-state index contributed by atoms with van der Waals surface area (Å²) in [5, 5.41) is 3.99. The largest absolute Gasteiger partial charge is 0.380 e. The minimum atomic E-state index is -3.91. The van der Waals surface area contributed by atoms with Crippen molar-refractivity contribution >= 4 is 15.9 Å². The Labute approximate surface area is 156 Å². The fourth-order valence-corrected chi connectivity index (χ4v) is 5.07. The lowest BCUT2D eigenvalue weighted by molar-refractivity contribution is 0.0992. The number of methoxy groups -OCH3 is 1. The summed E-state index contributed by atoms with van der Waals surface area (Å²) in [6.45, 7) is 0.158. The lowest BCUT2D eigenvalue weighted by atomic mass is 10.2. The Morgan fingerprint density at radius 1 is 1.41 bits per heavy atom. The lowest BCUT2D eigenvalue weighted by Gasteiger charge is -2.20. The molecule has 1 aliphatic carbocycles. The van der Waals surface area contributed by atoms with E-state index in [0.717, 1.165) is 12.8 Å². The van der Waals surface area contributed by atoms with E-state index in [0.29, 0.717) is 18.2 Å². The Hall–Kier alpha value is -2.24. The van der Waals surface area contributed by atoms with Crippen LogP contribution in [-0.2, 0) is 21.8 Å². The highest BCUT2D eigenvalue weighted by Gasteiger charge is 2.45. The summed E-state index contributed by atoms with van der Waals surface area (Å²) in [4.78, 5) is 15.9. The number of hydrogen-bond acceptors (Lipinski definition) is 7. The van der Waals surface area contributed by atoms with Gasteiger partial charge in [-0.3, -0.25) is 4.79 Å². The first kappa shape index (κ1) is 18.1. The van der Waals surface area contributed by atoms with Crippen LogP contribution in [0.1, 0.15) is 53.4 Å². The molecule has 0 aromatic carbocycles. The van der Waals surface area contributed by atoms with Gasteiger partial charge in [0, 0.05) is 39.2 Å². The first-order chi connectivity index (χ1) is 12.8. The third kappa shape index (κ3) is 3.15. The van der Waals surface area contributed by atoms with Crippen LogP contribution >= 0.6 is 0 Å². The third-order valence-electron chi connectivity index (χ3n) is 5.07.